The number of nitrogens with zero attached hydrogens (tertiary/aromatic N) is 2. The van der Waals surface area contributed by atoms with E-state index in [1.807, 2.05) is 45.0 Å². The highest BCUT2D eigenvalue weighted by Crippen LogP contribution is 2.17. The Kier molecular flexibility index (Phi) is 6.58. The number of nitrogens with two attached hydrogens (primary N) is 1. The Hall–Kier alpha value is -2.60. The zero-order valence-electron chi connectivity index (χ0n) is 15.6. The van der Waals surface area contributed by atoms with Gasteiger partial charge in [0, 0.05) is 30.2 Å². The molecule has 0 aliphatic carbocycles. The van der Waals surface area contributed by atoms with Crippen molar-refractivity contribution in [3.8, 4) is 0 Å². The van der Waals surface area contributed by atoms with Crippen LogP contribution < -0.4 is 5.73 Å². The zero-order valence-corrected chi connectivity index (χ0v) is 15.6. The normalized spacial score (nSPS) is 12.5. The quantitative estimate of drug-likeness (QED) is 0.775. The van der Waals surface area contributed by atoms with Crippen LogP contribution in [0, 0.1) is 0 Å². The molecular formula is C20H27N3O3. The van der Waals surface area contributed by atoms with Crippen molar-refractivity contribution >= 4 is 11.8 Å². The lowest BCUT2D eigenvalue weighted by Crippen LogP contribution is -2.40. The molecule has 3 N–H and O–H groups in total. The number of nitrogen functional groups attached to an aromatic ring is 1. The minimum absolute atomic E-state index is 0.135. The van der Waals surface area contributed by atoms with E-state index in [1.54, 1.807) is 24.5 Å². The Bertz CT molecular complexity index is 696. The van der Waals surface area contributed by atoms with Crippen molar-refractivity contribution in [2.75, 3.05) is 18.8 Å². The van der Waals surface area contributed by atoms with Crippen molar-refractivity contribution in [2.45, 2.75) is 38.9 Å². The van der Waals surface area contributed by atoms with Crippen LogP contribution in [0.25, 0.3) is 0 Å². The van der Waals surface area contributed by atoms with Crippen molar-refractivity contribution in [3.63, 3.8) is 0 Å². The highest BCUT2D eigenvalue weighted by atomic mass is 16.6. The van der Waals surface area contributed by atoms with Gasteiger partial charge in [0.05, 0.1) is 12.6 Å². The second kappa shape index (κ2) is 8.67. The molecule has 0 aliphatic heterocycles. The second-order valence-corrected chi connectivity index (χ2v) is 7.22. The number of ether oxygens (including phenoxy) is 1. The molecule has 6 heteroatoms. The first-order valence-corrected chi connectivity index (χ1v) is 8.65. The van der Waals surface area contributed by atoms with E-state index in [-0.39, 0.29) is 6.54 Å². The molecule has 26 heavy (non-hydrogen) atoms. The Morgan fingerprint density at radius 2 is 1.96 bits per heavy atom. The molecule has 0 saturated carbocycles. The third-order valence-electron chi connectivity index (χ3n) is 3.76. The summed E-state index contributed by atoms with van der Waals surface area (Å²) in [6, 6.07) is 11.1. The van der Waals surface area contributed by atoms with Crippen LogP contribution in [0.4, 0.5) is 10.5 Å². The summed E-state index contributed by atoms with van der Waals surface area (Å²) in [6.45, 7) is 6.02. The van der Waals surface area contributed by atoms with Crippen LogP contribution in [0.2, 0.25) is 0 Å². The van der Waals surface area contributed by atoms with Crippen molar-refractivity contribution in [1.82, 2.24) is 9.88 Å². The number of hydrogen-bond donors (Lipinski definition) is 2. The minimum Gasteiger partial charge on any atom is -0.444 e. The number of aliphatic hydroxyl groups excluding tert-OH is 1. The van der Waals surface area contributed by atoms with E-state index in [4.69, 9.17) is 10.5 Å². The average molecular weight is 357 g/mol. The molecule has 0 fully saturated rings. The van der Waals surface area contributed by atoms with Crippen molar-refractivity contribution in [1.29, 1.82) is 0 Å². The number of aromatic nitrogens is 1. The lowest BCUT2D eigenvalue weighted by Gasteiger charge is -2.29. The van der Waals surface area contributed by atoms with Gasteiger partial charge in [-0.15, -0.1) is 0 Å². The van der Waals surface area contributed by atoms with Gasteiger partial charge in [-0.3, -0.25) is 4.98 Å². The Balaban J connectivity index is 2.07. The lowest BCUT2D eigenvalue weighted by molar-refractivity contribution is 0.0146. The molecule has 0 saturated heterocycles. The van der Waals surface area contributed by atoms with Crippen LogP contribution in [0.1, 0.15) is 38.0 Å². The second-order valence-electron chi connectivity index (χ2n) is 7.22. The molecule has 0 radical (unpaired) electrons. The molecular weight excluding hydrogens is 330 g/mol. The molecule has 2 rings (SSSR count). The molecule has 6 nitrogen and oxygen atoms in total. The Morgan fingerprint density at radius 3 is 2.54 bits per heavy atom. The molecule has 0 unspecified atom stereocenters. The van der Waals surface area contributed by atoms with Crippen LogP contribution in [-0.4, -0.2) is 39.8 Å². The number of rotatable bonds is 6. The average Bonchev–Trinajstić information content (AvgIpc) is 2.59. The van der Waals surface area contributed by atoms with Crippen LogP contribution in [0.5, 0.6) is 0 Å². The topological polar surface area (TPSA) is 88.7 Å². The summed E-state index contributed by atoms with van der Waals surface area (Å²) in [6.07, 6.45) is 2.60. The van der Waals surface area contributed by atoms with Crippen molar-refractivity contribution in [2.24, 2.45) is 0 Å². The van der Waals surface area contributed by atoms with Gasteiger partial charge in [0.1, 0.15) is 5.60 Å². The van der Waals surface area contributed by atoms with E-state index in [9.17, 15) is 9.90 Å². The smallest absolute Gasteiger partial charge is 0.410 e. The zero-order chi connectivity index (χ0) is 19.2. The number of carbonyl (C=O) groups excluding carboxylic acids is 1. The number of carbonyl (C=O) groups is 1. The highest BCUT2D eigenvalue weighted by molar-refractivity contribution is 5.68. The Morgan fingerprint density at radius 1 is 1.27 bits per heavy atom. The van der Waals surface area contributed by atoms with Crippen LogP contribution in [-0.2, 0) is 11.2 Å². The third kappa shape index (κ3) is 6.37. The maximum atomic E-state index is 12.6. The largest absolute Gasteiger partial charge is 0.444 e. The summed E-state index contributed by atoms with van der Waals surface area (Å²) in [5, 5.41) is 10.5. The summed E-state index contributed by atoms with van der Waals surface area (Å²) in [7, 11) is 0. The predicted molar refractivity (Wildman–Crippen MR) is 102 cm³/mol. The van der Waals surface area contributed by atoms with Crippen LogP contribution in [0.3, 0.4) is 0 Å². The molecule has 0 bridgehead atoms. The minimum atomic E-state index is -0.831. The van der Waals surface area contributed by atoms with Crippen LogP contribution in [0.15, 0.2) is 48.8 Å². The molecule has 140 valence electrons. The van der Waals surface area contributed by atoms with E-state index in [2.05, 4.69) is 4.98 Å². The summed E-state index contributed by atoms with van der Waals surface area (Å²) in [5.74, 6) is 0. The van der Waals surface area contributed by atoms with Crippen LogP contribution >= 0.6 is 0 Å². The molecule has 1 aromatic carbocycles. The lowest BCUT2D eigenvalue weighted by atomic mass is 10.1. The van der Waals surface area contributed by atoms with E-state index in [1.165, 1.54) is 4.90 Å². The van der Waals surface area contributed by atoms with Gasteiger partial charge in [-0.05, 0) is 51.0 Å². The number of anilines is 1. The number of aliphatic hydroxyl groups is 1. The van der Waals surface area contributed by atoms with Gasteiger partial charge in [-0.2, -0.15) is 0 Å². The van der Waals surface area contributed by atoms with E-state index in [0.717, 1.165) is 5.56 Å². The number of hydrogen-bond acceptors (Lipinski definition) is 5. The summed E-state index contributed by atoms with van der Waals surface area (Å²) in [5.41, 5.74) is 7.52. The van der Waals surface area contributed by atoms with Gasteiger partial charge < -0.3 is 20.5 Å². The maximum Gasteiger partial charge on any atom is 0.410 e. The van der Waals surface area contributed by atoms with E-state index < -0.39 is 17.8 Å². The molecule has 1 aromatic heterocycles. The van der Waals surface area contributed by atoms with Gasteiger partial charge in [0.15, 0.2) is 0 Å². The molecule has 2 aromatic rings. The van der Waals surface area contributed by atoms with Gasteiger partial charge in [-0.25, -0.2) is 4.79 Å². The third-order valence-corrected chi connectivity index (χ3v) is 3.76. The molecule has 1 amide bonds. The molecule has 0 aliphatic rings. The van der Waals surface area contributed by atoms with E-state index >= 15 is 0 Å². The first kappa shape index (κ1) is 19.7. The predicted octanol–water partition coefficient (Wildman–Crippen LogP) is 3.18. The summed E-state index contributed by atoms with van der Waals surface area (Å²) < 4.78 is 5.48. The molecule has 1 heterocycles. The number of benzene rings is 1. The van der Waals surface area contributed by atoms with Gasteiger partial charge in [-0.1, -0.05) is 18.2 Å². The first-order valence-electron chi connectivity index (χ1n) is 8.65. The number of amides is 1. The molecule has 0 spiro atoms. The first-order chi connectivity index (χ1) is 12.2. The number of pyridine rings is 1. The fourth-order valence-corrected chi connectivity index (χ4v) is 2.42. The summed E-state index contributed by atoms with van der Waals surface area (Å²) >= 11 is 0. The highest BCUT2D eigenvalue weighted by Gasteiger charge is 2.24. The van der Waals surface area contributed by atoms with Crippen molar-refractivity contribution in [3.05, 3.63) is 59.9 Å². The fourth-order valence-electron chi connectivity index (χ4n) is 2.42. The van der Waals surface area contributed by atoms with Crippen molar-refractivity contribution < 1.29 is 14.6 Å². The summed E-state index contributed by atoms with van der Waals surface area (Å²) in [4.78, 5) is 18.1. The SMILES string of the molecule is CC(C)(C)OC(=O)N(CCc1ccc(N)cc1)C[C@@H](O)c1cccnc1. The maximum absolute atomic E-state index is 12.6. The van der Waals surface area contributed by atoms with E-state index in [0.29, 0.717) is 24.2 Å². The monoisotopic (exact) mass is 357 g/mol. The van der Waals surface area contributed by atoms with Gasteiger partial charge >= 0.3 is 6.09 Å². The Labute approximate surface area is 154 Å². The molecule has 1 atom stereocenters. The fraction of sp³-hybridized carbons (Fsp3) is 0.400. The van der Waals surface area contributed by atoms with Gasteiger partial charge in [0.2, 0.25) is 0 Å². The van der Waals surface area contributed by atoms with Gasteiger partial charge in [0.25, 0.3) is 0 Å². The standard InChI is InChI=1S/C20H27N3O3/c1-20(2,3)26-19(25)23(12-10-15-6-8-17(21)9-7-15)14-18(24)16-5-4-11-22-13-16/h4-9,11,13,18,24H,10,12,14,21H2,1-3H3/t18-/m1/s1.